The van der Waals surface area contributed by atoms with Crippen molar-refractivity contribution in [2.45, 2.75) is 45.3 Å². The summed E-state index contributed by atoms with van der Waals surface area (Å²) in [5.74, 6) is -1.19. The SMILES string of the molecule is CC(=O)OC(c1ncn(C(c2ccccc2)(c2ccccc2)c2ccccc2)c1C)C1CCc2c(C)c3cc(Cl)ccc3n2C1=O. The van der Waals surface area contributed by atoms with E-state index in [1.165, 1.54) is 6.92 Å². The summed E-state index contributed by atoms with van der Waals surface area (Å²) in [4.78, 5) is 32.0. The van der Waals surface area contributed by atoms with Crippen LogP contribution in [0.1, 0.15) is 63.6 Å². The first kappa shape index (κ1) is 29.8. The molecule has 6 aromatic rings. The van der Waals surface area contributed by atoms with Crippen LogP contribution in [0.5, 0.6) is 0 Å². The van der Waals surface area contributed by atoms with Crippen molar-refractivity contribution in [1.82, 2.24) is 14.1 Å². The number of hydrogen-bond donors (Lipinski definition) is 0. The normalized spacial score (nSPS) is 15.5. The molecule has 6 nitrogen and oxygen atoms in total. The first-order chi connectivity index (χ1) is 22.3. The van der Waals surface area contributed by atoms with Crippen molar-refractivity contribution in [3.8, 4) is 0 Å². The number of carbonyl (C=O) groups is 2. The van der Waals surface area contributed by atoms with Crippen LogP contribution >= 0.6 is 11.6 Å². The third-order valence-electron chi connectivity index (χ3n) is 9.44. The van der Waals surface area contributed by atoms with Crippen molar-refractivity contribution >= 4 is 34.4 Å². The van der Waals surface area contributed by atoms with E-state index in [0.717, 1.165) is 44.5 Å². The van der Waals surface area contributed by atoms with Gasteiger partial charge in [-0.15, -0.1) is 0 Å². The summed E-state index contributed by atoms with van der Waals surface area (Å²) in [7, 11) is 0. The summed E-state index contributed by atoms with van der Waals surface area (Å²) >= 11 is 6.33. The van der Waals surface area contributed by atoms with E-state index in [1.807, 2.05) is 86.9 Å². The molecule has 4 aromatic carbocycles. The Bertz CT molecular complexity index is 1970. The lowest BCUT2D eigenvalue weighted by atomic mass is 9.76. The highest BCUT2D eigenvalue weighted by atomic mass is 35.5. The first-order valence-electron chi connectivity index (χ1n) is 15.5. The Morgan fingerprint density at radius 2 is 1.46 bits per heavy atom. The van der Waals surface area contributed by atoms with Gasteiger partial charge in [-0.05, 0) is 67.1 Å². The molecule has 0 saturated heterocycles. The van der Waals surface area contributed by atoms with Gasteiger partial charge in [-0.1, -0.05) is 103 Å². The largest absolute Gasteiger partial charge is 0.455 e. The fraction of sp³-hybridized carbons (Fsp3) is 0.205. The van der Waals surface area contributed by atoms with Crippen molar-refractivity contribution < 1.29 is 14.3 Å². The topological polar surface area (TPSA) is 66.1 Å². The predicted octanol–water partition coefficient (Wildman–Crippen LogP) is 8.46. The summed E-state index contributed by atoms with van der Waals surface area (Å²) < 4.78 is 10.0. The van der Waals surface area contributed by atoms with Gasteiger partial charge >= 0.3 is 5.97 Å². The lowest BCUT2D eigenvalue weighted by Gasteiger charge is -2.38. The molecule has 7 heteroatoms. The molecule has 230 valence electrons. The third-order valence-corrected chi connectivity index (χ3v) is 9.68. The molecule has 0 N–H and O–H groups in total. The van der Waals surface area contributed by atoms with Crippen LogP contribution in [0.3, 0.4) is 0 Å². The Balaban J connectivity index is 1.42. The monoisotopic (exact) mass is 627 g/mol. The zero-order valence-electron chi connectivity index (χ0n) is 26.0. The summed E-state index contributed by atoms with van der Waals surface area (Å²) in [5.41, 5.74) is 6.57. The Morgan fingerprint density at radius 1 is 0.891 bits per heavy atom. The van der Waals surface area contributed by atoms with Gasteiger partial charge in [0.15, 0.2) is 6.10 Å². The van der Waals surface area contributed by atoms with Gasteiger partial charge < -0.3 is 9.30 Å². The highest BCUT2D eigenvalue weighted by molar-refractivity contribution is 6.31. The minimum Gasteiger partial charge on any atom is -0.455 e. The molecule has 2 atom stereocenters. The van der Waals surface area contributed by atoms with Gasteiger partial charge in [0.1, 0.15) is 11.2 Å². The number of aromatic nitrogens is 3. The number of imidazole rings is 1. The van der Waals surface area contributed by atoms with Gasteiger partial charge in [0.05, 0.1) is 17.8 Å². The third kappa shape index (κ3) is 4.67. The second kappa shape index (κ2) is 11.8. The molecular weight excluding hydrogens is 594 g/mol. The van der Waals surface area contributed by atoms with E-state index in [9.17, 15) is 9.59 Å². The second-order valence-electron chi connectivity index (χ2n) is 12.0. The van der Waals surface area contributed by atoms with Crippen LogP contribution in [0.2, 0.25) is 5.02 Å². The molecule has 0 amide bonds. The van der Waals surface area contributed by atoms with Gasteiger partial charge in [-0.25, -0.2) is 4.98 Å². The summed E-state index contributed by atoms with van der Waals surface area (Å²) in [5, 5.41) is 1.58. The summed E-state index contributed by atoms with van der Waals surface area (Å²) in [6.45, 7) is 5.42. The maximum Gasteiger partial charge on any atom is 0.303 e. The molecule has 46 heavy (non-hydrogen) atoms. The van der Waals surface area contributed by atoms with E-state index in [0.29, 0.717) is 23.6 Å². The molecule has 0 fully saturated rings. The average molecular weight is 628 g/mol. The highest BCUT2D eigenvalue weighted by Gasteiger charge is 2.44. The van der Waals surface area contributed by atoms with E-state index < -0.39 is 23.5 Å². The van der Waals surface area contributed by atoms with Crippen LogP contribution in [0.25, 0.3) is 10.9 Å². The van der Waals surface area contributed by atoms with Gasteiger partial charge in [0, 0.05) is 28.7 Å². The molecule has 1 aliphatic rings. The van der Waals surface area contributed by atoms with Crippen molar-refractivity contribution in [3.05, 3.63) is 160 Å². The van der Waals surface area contributed by atoms with Crippen molar-refractivity contribution in [1.29, 1.82) is 0 Å². The maximum absolute atomic E-state index is 14.4. The lowest BCUT2D eigenvalue weighted by Crippen LogP contribution is -2.38. The molecule has 1 aliphatic heterocycles. The quantitative estimate of drug-likeness (QED) is 0.132. The second-order valence-corrected chi connectivity index (χ2v) is 12.4. The number of nitrogens with zero attached hydrogens (tertiary/aromatic N) is 3. The number of rotatable bonds is 7. The molecule has 0 radical (unpaired) electrons. The van der Waals surface area contributed by atoms with Crippen LogP contribution in [0.15, 0.2) is 116 Å². The van der Waals surface area contributed by atoms with Crippen molar-refractivity contribution in [2.75, 3.05) is 0 Å². The molecule has 0 aliphatic carbocycles. The Morgan fingerprint density at radius 3 is 2.00 bits per heavy atom. The molecule has 2 unspecified atom stereocenters. The summed E-state index contributed by atoms with van der Waals surface area (Å²) in [6.07, 6.45) is 2.14. The molecule has 2 aromatic heterocycles. The van der Waals surface area contributed by atoms with Crippen LogP contribution in [-0.2, 0) is 21.5 Å². The van der Waals surface area contributed by atoms with Crippen LogP contribution in [0.4, 0.5) is 0 Å². The predicted molar refractivity (Wildman–Crippen MR) is 180 cm³/mol. The number of benzene rings is 4. The lowest BCUT2D eigenvalue weighted by molar-refractivity contribution is -0.149. The Kier molecular flexibility index (Phi) is 7.61. The fourth-order valence-electron chi connectivity index (χ4n) is 7.39. The number of carbonyl (C=O) groups excluding carboxylic acids is 2. The number of esters is 1. The van der Waals surface area contributed by atoms with Gasteiger partial charge in [0.25, 0.3) is 0 Å². The number of aryl methyl sites for hydroxylation is 1. The van der Waals surface area contributed by atoms with Gasteiger partial charge in [0.2, 0.25) is 5.91 Å². The van der Waals surface area contributed by atoms with Crippen molar-refractivity contribution in [3.63, 3.8) is 0 Å². The minimum atomic E-state index is -0.871. The first-order valence-corrected chi connectivity index (χ1v) is 15.9. The minimum absolute atomic E-state index is 0.109. The van der Waals surface area contributed by atoms with E-state index in [4.69, 9.17) is 21.3 Å². The fourth-order valence-corrected chi connectivity index (χ4v) is 7.56. The smallest absolute Gasteiger partial charge is 0.303 e. The number of hydrogen-bond acceptors (Lipinski definition) is 4. The van der Waals surface area contributed by atoms with Gasteiger partial charge in [-0.3, -0.25) is 14.2 Å². The standard InChI is InChI=1S/C39H34ClN3O3/c1-25-33-23-31(40)19-21-35(33)43-34(25)22-20-32(38(43)45)37(46-27(3)44)36-26(2)42(24-41-36)39(28-13-7-4-8-14-28,29-15-9-5-10-16-29)30-17-11-6-12-18-30/h4-19,21,23-24,32,37H,20,22H2,1-3H3. The van der Waals surface area contributed by atoms with E-state index in [1.54, 1.807) is 10.6 Å². The zero-order valence-corrected chi connectivity index (χ0v) is 26.7. The van der Waals surface area contributed by atoms with E-state index in [2.05, 4.69) is 41.0 Å². The molecular formula is C39H34ClN3O3. The number of fused-ring (bicyclic) bond motifs is 3. The Hall–Kier alpha value is -4.94. The van der Waals surface area contributed by atoms with E-state index in [-0.39, 0.29) is 5.91 Å². The maximum atomic E-state index is 14.4. The van der Waals surface area contributed by atoms with Crippen LogP contribution in [-0.4, -0.2) is 26.0 Å². The molecule has 0 bridgehead atoms. The summed E-state index contributed by atoms with van der Waals surface area (Å²) in [6, 6.07) is 36.6. The van der Waals surface area contributed by atoms with Crippen molar-refractivity contribution in [2.24, 2.45) is 5.92 Å². The van der Waals surface area contributed by atoms with E-state index >= 15 is 0 Å². The molecule has 0 saturated carbocycles. The average Bonchev–Trinajstić information content (AvgIpc) is 3.59. The number of halogens is 1. The molecule has 0 spiro atoms. The Labute approximate surface area is 273 Å². The number of ether oxygens (including phenoxy) is 1. The zero-order chi connectivity index (χ0) is 32.0. The molecule has 7 rings (SSSR count). The van der Waals surface area contributed by atoms with Crippen LogP contribution in [0, 0.1) is 19.8 Å². The highest BCUT2D eigenvalue weighted by Crippen LogP contribution is 2.44. The van der Waals surface area contributed by atoms with Crippen LogP contribution < -0.4 is 0 Å². The molecule has 3 heterocycles. The van der Waals surface area contributed by atoms with Gasteiger partial charge in [-0.2, -0.15) is 0 Å².